The minimum atomic E-state index is 0.592. The van der Waals surface area contributed by atoms with E-state index in [2.05, 4.69) is 48.3 Å². The Morgan fingerprint density at radius 3 is 2.42 bits per heavy atom. The Bertz CT molecular complexity index is 363. The van der Waals surface area contributed by atoms with E-state index in [1.807, 2.05) is 7.05 Å². The highest BCUT2D eigenvalue weighted by Gasteiger charge is 2.15. The molecule has 2 heteroatoms. The Balaban J connectivity index is 1.88. The average molecular weight is 260 g/mol. The molecule has 1 fully saturated rings. The van der Waals surface area contributed by atoms with Gasteiger partial charge in [-0.3, -0.25) is 4.90 Å². The SMILES string of the molecule is CNCC(C)c1ccc(CN2CCC(C)CC2)cc1. The maximum Gasteiger partial charge on any atom is 0.0233 e. The monoisotopic (exact) mass is 260 g/mol. The van der Waals surface area contributed by atoms with Crippen LogP contribution in [0.3, 0.4) is 0 Å². The zero-order valence-corrected chi connectivity index (χ0v) is 12.7. The highest BCUT2D eigenvalue weighted by Crippen LogP contribution is 2.19. The zero-order valence-electron chi connectivity index (χ0n) is 12.7. The molecule has 0 bridgehead atoms. The third kappa shape index (κ3) is 4.32. The predicted octanol–water partition coefficient (Wildman–Crippen LogP) is 3.24. The zero-order chi connectivity index (χ0) is 13.7. The van der Waals surface area contributed by atoms with Crippen LogP contribution in [-0.4, -0.2) is 31.6 Å². The number of likely N-dealkylation sites (N-methyl/N-ethyl adjacent to an activating group) is 1. The first-order chi connectivity index (χ1) is 9.19. The number of rotatable bonds is 5. The van der Waals surface area contributed by atoms with E-state index in [1.54, 1.807) is 0 Å². The van der Waals surface area contributed by atoms with Gasteiger partial charge in [-0.1, -0.05) is 38.1 Å². The third-order valence-electron chi connectivity index (χ3n) is 4.34. The fraction of sp³-hybridized carbons (Fsp3) is 0.647. The van der Waals surface area contributed by atoms with Crippen LogP contribution in [0.2, 0.25) is 0 Å². The predicted molar refractivity (Wildman–Crippen MR) is 82.5 cm³/mol. The normalized spacial score (nSPS) is 19.5. The minimum Gasteiger partial charge on any atom is -0.319 e. The maximum absolute atomic E-state index is 3.24. The van der Waals surface area contributed by atoms with Gasteiger partial charge >= 0.3 is 0 Å². The molecule has 0 aliphatic carbocycles. The molecule has 1 aliphatic rings. The summed E-state index contributed by atoms with van der Waals surface area (Å²) in [6, 6.07) is 9.20. The van der Waals surface area contributed by atoms with Crippen LogP contribution in [0.25, 0.3) is 0 Å². The second-order valence-electron chi connectivity index (χ2n) is 6.16. The molecule has 0 spiro atoms. The van der Waals surface area contributed by atoms with E-state index < -0.39 is 0 Å². The molecular weight excluding hydrogens is 232 g/mol. The number of hydrogen-bond donors (Lipinski definition) is 1. The van der Waals surface area contributed by atoms with Gasteiger partial charge in [0.05, 0.1) is 0 Å². The van der Waals surface area contributed by atoms with Gasteiger partial charge in [0.2, 0.25) is 0 Å². The Kier molecular flexibility index (Phi) is 5.41. The molecule has 0 saturated carbocycles. The van der Waals surface area contributed by atoms with E-state index >= 15 is 0 Å². The van der Waals surface area contributed by atoms with Crippen molar-refractivity contribution in [3.05, 3.63) is 35.4 Å². The summed E-state index contributed by atoms with van der Waals surface area (Å²) >= 11 is 0. The van der Waals surface area contributed by atoms with Crippen LogP contribution in [0.15, 0.2) is 24.3 Å². The first-order valence-corrected chi connectivity index (χ1v) is 7.65. The summed E-state index contributed by atoms with van der Waals surface area (Å²) in [7, 11) is 2.02. The Hall–Kier alpha value is -0.860. The fourth-order valence-electron chi connectivity index (χ4n) is 2.85. The molecule has 1 saturated heterocycles. The molecule has 19 heavy (non-hydrogen) atoms. The molecule has 0 radical (unpaired) electrons. The molecule has 2 rings (SSSR count). The summed E-state index contributed by atoms with van der Waals surface area (Å²) in [5.74, 6) is 1.51. The van der Waals surface area contributed by atoms with Crippen molar-refractivity contribution in [1.82, 2.24) is 10.2 Å². The van der Waals surface area contributed by atoms with Gasteiger partial charge in [0.15, 0.2) is 0 Å². The topological polar surface area (TPSA) is 15.3 Å². The lowest BCUT2D eigenvalue weighted by atomic mass is 9.97. The lowest BCUT2D eigenvalue weighted by Crippen LogP contribution is -2.32. The van der Waals surface area contributed by atoms with Crippen molar-refractivity contribution in [2.45, 2.75) is 39.2 Å². The van der Waals surface area contributed by atoms with Crippen LogP contribution < -0.4 is 5.32 Å². The molecule has 1 aromatic rings. The van der Waals surface area contributed by atoms with Crippen LogP contribution in [0.4, 0.5) is 0 Å². The Labute approximate surface area is 118 Å². The summed E-state index contributed by atoms with van der Waals surface area (Å²) in [5, 5.41) is 3.24. The number of benzene rings is 1. The van der Waals surface area contributed by atoms with Gasteiger partial charge in [0, 0.05) is 13.1 Å². The number of piperidine rings is 1. The van der Waals surface area contributed by atoms with Crippen LogP contribution in [0.1, 0.15) is 43.7 Å². The summed E-state index contributed by atoms with van der Waals surface area (Å²) in [4.78, 5) is 2.59. The number of likely N-dealkylation sites (tertiary alicyclic amines) is 1. The van der Waals surface area contributed by atoms with Crippen LogP contribution >= 0.6 is 0 Å². The van der Waals surface area contributed by atoms with Gasteiger partial charge in [0.1, 0.15) is 0 Å². The first-order valence-electron chi connectivity index (χ1n) is 7.65. The summed E-state index contributed by atoms with van der Waals surface area (Å²) in [5.41, 5.74) is 2.89. The standard InChI is InChI=1S/C17H28N2/c1-14-8-10-19(11-9-14)13-16-4-6-17(7-5-16)15(2)12-18-3/h4-7,14-15,18H,8-13H2,1-3H3. The van der Waals surface area contributed by atoms with Gasteiger partial charge in [-0.25, -0.2) is 0 Å². The highest BCUT2D eigenvalue weighted by molar-refractivity contribution is 5.25. The molecule has 1 unspecified atom stereocenters. The smallest absolute Gasteiger partial charge is 0.0233 e. The van der Waals surface area contributed by atoms with Crippen LogP contribution in [0, 0.1) is 5.92 Å². The van der Waals surface area contributed by atoms with Gasteiger partial charge in [-0.15, -0.1) is 0 Å². The van der Waals surface area contributed by atoms with Gasteiger partial charge in [-0.05, 0) is 55.9 Å². The summed E-state index contributed by atoms with van der Waals surface area (Å²) < 4.78 is 0. The molecule has 0 amide bonds. The quantitative estimate of drug-likeness (QED) is 0.874. The molecule has 0 aromatic heterocycles. The van der Waals surface area contributed by atoms with E-state index in [1.165, 1.54) is 37.1 Å². The molecule has 1 N–H and O–H groups in total. The third-order valence-corrected chi connectivity index (χ3v) is 4.34. The van der Waals surface area contributed by atoms with Crippen molar-refractivity contribution < 1.29 is 0 Å². The van der Waals surface area contributed by atoms with E-state index in [9.17, 15) is 0 Å². The average Bonchev–Trinajstić information content (AvgIpc) is 2.42. The highest BCUT2D eigenvalue weighted by atomic mass is 15.1. The van der Waals surface area contributed by atoms with E-state index in [0.717, 1.165) is 19.0 Å². The molecular formula is C17H28N2. The lowest BCUT2D eigenvalue weighted by molar-refractivity contribution is 0.185. The second kappa shape index (κ2) is 7.06. The molecule has 106 valence electrons. The fourth-order valence-corrected chi connectivity index (χ4v) is 2.85. The number of nitrogens with one attached hydrogen (secondary N) is 1. The number of nitrogens with zero attached hydrogens (tertiary/aromatic N) is 1. The van der Waals surface area contributed by atoms with E-state index in [0.29, 0.717) is 5.92 Å². The first kappa shape index (κ1) is 14.5. The molecule has 1 aliphatic heterocycles. The van der Waals surface area contributed by atoms with Gasteiger partial charge < -0.3 is 5.32 Å². The van der Waals surface area contributed by atoms with Crippen molar-refractivity contribution in [3.8, 4) is 0 Å². The van der Waals surface area contributed by atoms with Crippen molar-refractivity contribution in [2.24, 2.45) is 5.92 Å². The molecule has 1 heterocycles. The van der Waals surface area contributed by atoms with Crippen molar-refractivity contribution in [3.63, 3.8) is 0 Å². The van der Waals surface area contributed by atoms with Crippen LogP contribution in [0.5, 0.6) is 0 Å². The second-order valence-corrected chi connectivity index (χ2v) is 6.16. The van der Waals surface area contributed by atoms with Crippen LogP contribution in [-0.2, 0) is 6.54 Å². The maximum atomic E-state index is 3.24. The summed E-state index contributed by atoms with van der Waals surface area (Å²) in [6.45, 7) is 9.34. The van der Waals surface area contributed by atoms with Crippen molar-refractivity contribution >= 4 is 0 Å². The van der Waals surface area contributed by atoms with Crippen molar-refractivity contribution in [2.75, 3.05) is 26.7 Å². The van der Waals surface area contributed by atoms with Gasteiger partial charge in [0.25, 0.3) is 0 Å². The summed E-state index contributed by atoms with van der Waals surface area (Å²) in [6.07, 6.45) is 2.72. The van der Waals surface area contributed by atoms with E-state index in [4.69, 9.17) is 0 Å². The minimum absolute atomic E-state index is 0.592. The Morgan fingerprint density at radius 1 is 1.21 bits per heavy atom. The lowest BCUT2D eigenvalue weighted by Gasteiger charge is -2.30. The molecule has 1 aromatic carbocycles. The molecule has 1 atom stereocenters. The number of hydrogen-bond acceptors (Lipinski definition) is 2. The van der Waals surface area contributed by atoms with E-state index in [-0.39, 0.29) is 0 Å². The Morgan fingerprint density at radius 2 is 1.84 bits per heavy atom. The molecule has 2 nitrogen and oxygen atoms in total. The van der Waals surface area contributed by atoms with Gasteiger partial charge in [-0.2, -0.15) is 0 Å². The van der Waals surface area contributed by atoms with Crippen molar-refractivity contribution in [1.29, 1.82) is 0 Å². The largest absolute Gasteiger partial charge is 0.319 e.